The Kier molecular flexibility index (Phi) is 5.06. The summed E-state index contributed by atoms with van der Waals surface area (Å²) < 4.78 is 14.6. The molecule has 27 heavy (non-hydrogen) atoms. The molecule has 3 rings (SSSR count). The number of nitrogens with one attached hydrogen (secondary N) is 1. The highest BCUT2D eigenvalue weighted by atomic mass is 19.1. The highest BCUT2D eigenvalue weighted by Gasteiger charge is 2.16. The molecule has 138 valence electrons. The fourth-order valence-corrected chi connectivity index (χ4v) is 2.38. The average Bonchev–Trinajstić information content (AvgIpc) is 3.11. The van der Waals surface area contributed by atoms with Gasteiger partial charge in [0.15, 0.2) is 0 Å². The predicted molar refractivity (Wildman–Crippen MR) is 94.9 cm³/mol. The van der Waals surface area contributed by atoms with Crippen LogP contribution in [0.3, 0.4) is 0 Å². The molecule has 3 aromatic rings. The molecule has 0 aliphatic rings. The van der Waals surface area contributed by atoms with E-state index in [4.69, 9.17) is 5.73 Å². The number of amides is 1. The molecular formula is C17H15FN6O3. The lowest BCUT2D eigenvalue weighted by Gasteiger charge is -2.06. The molecule has 0 bridgehead atoms. The fourth-order valence-electron chi connectivity index (χ4n) is 2.38. The summed E-state index contributed by atoms with van der Waals surface area (Å²) >= 11 is 0. The van der Waals surface area contributed by atoms with Crippen LogP contribution in [0.1, 0.15) is 16.1 Å². The van der Waals surface area contributed by atoms with Crippen molar-refractivity contribution in [3.05, 3.63) is 76.0 Å². The Morgan fingerprint density at radius 3 is 2.74 bits per heavy atom. The van der Waals surface area contributed by atoms with E-state index in [0.29, 0.717) is 17.8 Å². The maximum absolute atomic E-state index is 13.0. The number of anilines is 1. The van der Waals surface area contributed by atoms with Gasteiger partial charge in [0.05, 0.1) is 21.9 Å². The van der Waals surface area contributed by atoms with Crippen LogP contribution in [0.4, 0.5) is 15.9 Å². The van der Waals surface area contributed by atoms with Crippen LogP contribution in [-0.2, 0) is 6.42 Å². The van der Waals surface area contributed by atoms with Gasteiger partial charge in [0, 0.05) is 25.2 Å². The first-order valence-corrected chi connectivity index (χ1v) is 7.92. The maximum Gasteiger partial charge on any atom is 0.288 e. The van der Waals surface area contributed by atoms with Crippen LogP contribution < -0.4 is 11.1 Å². The van der Waals surface area contributed by atoms with Gasteiger partial charge in [0.2, 0.25) is 0 Å². The second-order valence-corrected chi connectivity index (χ2v) is 5.62. The standard InChI is InChI=1S/C17H15FN6O3/c18-11-1-3-13(4-2-11)23-8-6-12(22-23)5-7-20-17(25)15-9-14(24(26)27)10-21-16(15)19/h1-4,6,8-10H,5,7H2,(H2,19,21)(H,20,25). The first-order valence-electron chi connectivity index (χ1n) is 7.92. The molecule has 1 aromatic carbocycles. The molecule has 0 atom stereocenters. The normalized spacial score (nSPS) is 10.6. The van der Waals surface area contributed by atoms with E-state index >= 15 is 0 Å². The quantitative estimate of drug-likeness (QED) is 0.503. The lowest BCUT2D eigenvalue weighted by molar-refractivity contribution is -0.385. The number of nitrogen functional groups attached to an aromatic ring is 1. The topological polar surface area (TPSA) is 129 Å². The molecule has 0 aliphatic heterocycles. The van der Waals surface area contributed by atoms with Crippen LogP contribution in [0.15, 0.2) is 48.8 Å². The number of hydrogen-bond acceptors (Lipinski definition) is 6. The number of carbonyl (C=O) groups excluding carboxylic acids is 1. The predicted octanol–water partition coefficient (Wildman–Crippen LogP) is 1.87. The summed E-state index contributed by atoms with van der Waals surface area (Å²) in [5.41, 5.74) is 6.67. The Morgan fingerprint density at radius 2 is 2.04 bits per heavy atom. The Hall–Kier alpha value is -3.82. The van der Waals surface area contributed by atoms with Crippen LogP contribution in [-0.4, -0.2) is 32.1 Å². The molecule has 0 unspecified atom stereocenters. The van der Waals surface area contributed by atoms with Crippen LogP contribution in [0.2, 0.25) is 0 Å². The van der Waals surface area contributed by atoms with E-state index in [0.717, 1.165) is 12.3 Å². The molecule has 0 radical (unpaired) electrons. The van der Waals surface area contributed by atoms with Gasteiger partial charge in [-0.3, -0.25) is 14.9 Å². The van der Waals surface area contributed by atoms with Gasteiger partial charge in [-0.05, 0) is 30.3 Å². The minimum atomic E-state index is -0.648. The molecule has 0 saturated heterocycles. The van der Waals surface area contributed by atoms with Gasteiger partial charge in [-0.1, -0.05) is 0 Å². The van der Waals surface area contributed by atoms with E-state index in [1.54, 1.807) is 29.1 Å². The van der Waals surface area contributed by atoms with Gasteiger partial charge in [-0.2, -0.15) is 5.10 Å². The minimum absolute atomic E-state index is 0.0546. The van der Waals surface area contributed by atoms with E-state index in [1.807, 2.05) is 0 Å². The Labute approximate surface area is 152 Å². The van der Waals surface area contributed by atoms with Crippen LogP contribution >= 0.6 is 0 Å². The Morgan fingerprint density at radius 1 is 1.30 bits per heavy atom. The summed E-state index contributed by atoms with van der Waals surface area (Å²) in [4.78, 5) is 26.0. The van der Waals surface area contributed by atoms with E-state index in [2.05, 4.69) is 15.4 Å². The van der Waals surface area contributed by atoms with Gasteiger partial charge < -0.3 is 11.1 Å². The van der Waals surface area contributed by atoms with E-state index in [1.165, 1.54) is 12.1 Å². The highest BCUT2D eigenvalue weighted by Crippen LogP contribution is 2.16. The molecule has 2 aromatic heterocycles. The number of benzene rings is 1. The van der Waals surface area contributed by atoms with E-state index in [9.17, 15) is 19.3 Å². The maximum atomic E-state index is 13.0. The number of hydrogen-bond donors (Lipinski definition) is 2. The van der Waals surface area contributed by atoms with Crippen molar-refractivity contribution >= 4 is 17.4 Å². The van der Waals surface area contributed by atoms with Gasteiger partial charge in [0.25, 0.3) is 11.6 Å². The number of carbonyl (C=O) groups is 1. The van der Waals surface area contributed by atoms with Crippen LogP contribution in [0.25, 0.3) is 5.69 Å². The number of aromatic nitrogens is 3. The smallest absolute Gasteiger partial charge is 0.288 e. The number of nitrogens with two attached hydrogens (primary N) is 1. The summed E-state index contributed by atoms with van der Waals surface area (Å²) in [6, 6.07) is 8.75. The van der Waals surface area contributed by atoms with Crippen molar-refractivity contribution in [2.75, 3.05) is 12.3 Å². The summed E-state index contributed by atoms with van der Waals surface area (Å²) in [7, 11) is 0. The lowest BCUT2D eigenvalue weighted by Crippen LogP contribution is -2.27. The SMILES string of the molecule is Nc1ncc([N+](=O)[O-])cc1C(=O)NCCc1ccn(-c2ccc(F)cc2)n1. The summed E-state index contributed by atoms with van der Waals surface area (Å²) in [5.74, 6) is -0.968. The van der Waals surface area contributed by atoms with Crippen molar-refractivity contribution < 1.29 is 14.1 Å². The third-order valence-corrected chi connectivity index (χ3v) is 3.76. The molecule has 3 N–H and O–H groups in total. The van der Waals surface area contributed by atoms with E-state index in [-0.39, 0.29) is 29.4 Å². The zero-order valence-corrected chi connectivity index (χ0v) is 14.0. The number of nitro groups is 1. The van der Waals surface area contributed by atoms with Crippen LogP contribution in [0, 0.1) is 15.9 Å². The van der Waals surface area contributed by atoms with Crippen molar-refractivity contribution in [3.63, 3.8) is 0 Å². The molecule has 2 heterocycles. The van der Waals surface area contributed by atoms with Crippen molar-refractivity contribution in [1.29, 1.82) is 0 Å². The Bertz CT molecular complexity index is 987. The van der Waals surface area contributed by atoms with Gasteiger partial charge >= 0.3 is 0 Å². The monoisotopic (exact) mass is 370 g/mol. The van der Waals surface area contributed by atoms with Crippen molar-refractivity contribution in [3.8, 4) is 5.69 Å². The summed E-state index contributed by atoms with van der Waals surface area (Å²) in [6.45, 7) is 0.251. The molecular weight excluding hydrogens is 355 g/mol. The van der Waals surface area contributed by atoms with Crippen molar-refractivity contribution in [1.82, 2.24) is 20.1 Å². The van der Waals surface area contributed by atoms with E-state index < -0.39 is 10.8 Å². The Balaban J connectivity index is 1.60. The largest absolute Gasteiger partial charge is 0.383 e. The lowest BCUT2D eigenvalue weighted by atomic mass is 10.2. The number of pyridine rings is 1. The average molecular weight is 370 g/mol. The molecule has 0 saturated carbocycles. The molecule has 0 spiro atoms. The number of nitrogens with zero attached hydrogens (tertiary/aromatic N) is 4. The van der Waals surface area contributed by atoms with Gasteiger partial charge in [-0.15, -0.1) is 0 Å². The zero-order chi connectivity index (χ0) is 19.4. The molecule has 0 aliphatic carbocycles. The van der Waals surface area contributed by atoms with Crippen molar-refractivity contribution in [2.45, 2.75) is 6.42 Å². The first-order chi connectivity index (χ1) is 12.9. The van der Waals surface area contributed by atoms with Gasteiger partial charge in [-0.25, -0.2) is 14.1 Å². The van der Waals surface area contributed by atoms with Crippen LogP contribution in [0.5, 0.6) is 0 Å². The third kappa shape index (κ3) is 4.24. The number of halogens is 1. The minimum Gasteiger partial charge on any atom is -0.383 e. The summed E-state index contributed by atoms with van der Waals surface area (Å²) in [5, 5.41) is 17.8. The first kappa shape index (κ1) is 18.0. The molecule has 0 fully saturated rings. The molecule has 10 heteroatoms. The zero-order valence-electron chi connectivity index (χ0n) is 14.0. The molecule has 9 nitrogen and oxygen atoms in total. The summed E-state index contributed by atoms with van der Waals surface area (Å²) in [6.07, 6.45) is 3.16. The molecule has 1 amide bonds. The van der Waals surface area contributed by atoms with Gasteiger partial charge in [0.1, 0.15) is 17.8 Å². The second kappa shape index (κ2) is 7.60. The third-order valence-electron chi connectivity index (χ3n) is 3.76. The second-order valence-electron chi connectivity index (χ2n) is 5.62. The highest BCUT2D eigenvalue weighted by molar-refractivity contribution is 5.98. The number of rotatable bonds is 6. The fraction of sp³-hybridized carbons (Fsp3) is 0.118. The van der Waals surface area contributed by atoms with Crippen molar-refractivity contribution in [2.24, 2.45) is 0 Å².